The average molecular weight is 485 g/mol. The number of rotatable bonds is 5. The zero-order chi connectivity index (χ0) is 18.4. The number of methoxy groups -OCH3 is 1. The van der Waals surface area contributed by atoms with Gasteiger partial charge in [-0.25, -0.2) is 0 Å². The number of nitrogens with zero attached hydrogens (tertiary/aromatic N) is 4. The molecule has 1 N–H and O–H groups in total. The van der Waals surface area contributed by atoms with E-state index in [0.29, 0.717) is 13.2 Å². The summed E-state index contributed by atoms with van der Waals surface area (Å²) in [7, 11) is 5.45. The Bertz CT molecular complexity index is 722. The fourth-order valence-corrected chi connectivity index (χ4v) is 3.17. The van der Waals surface area contributed by atoms with Gasteiger partial charge in [0.1, 0.15) is 6.10 Å². The topological polar surface area (TPSA) is 63.9 Å². The molecule has 0 saturated carbocycles. The summed E-state index contributed by atoms with van der Waals surface area (Å²) >= 11 is 0. The van der Waals surface area contributed by atoms with Gasteiger partial charge < -0.3 is 19.7 Å². The molecule has 0 amide bonds. The Morgan fingerprint density at radius 2 is 2.19 bits per heavy atom. The summed E-state index contributed by atoms with van der Waals surface area (Å²) in [6.07, 6.45) is 3.84. The summed E-state index contributed by atoms with van der Waals surface area (Å²) in [5, 5.41) is 7.68. The molecule has 27 heavy (non-hydrogen) atoms. The average Bonchev–Trinajstić information content (AvgIpc) is 3.13. The van der Waals surface area contributed by atoms with E-state index in [4.69, 9.17) is 9.47 Å². The van der Waals surface area contributed by atoms with Crippen molar-refractivity contribution < 1.29 is 9.47 Å². The minimum atomic E-state index is -0.0249. The van der Waals surface area contributed by atoms with Gasteiger partial charge in [0.15, 0.2) is 5.96 Å². The molecule has 3 rings (SSSR count). The van der Waals surface area contributed by atoms with E-state index >= 15 is 0 Å². The van der Waals surface area contributed by atoms with Crippen molar-refractivity contribution in [3.8, 4) is 0 Å². The molecule has 7 nitrogen and oxygen atoms in total. The highest BCUT2D eigenvalue weighted by atomic mass is 127. The van der Waals surface area contributed by atoms with Gasteiger partial charge in [0, 0.05) is 46.1 Å². The van der Waals surface area contributed by atoms with Crippen molar-refractivity contribution in [3.63, 3.8) is 0 Å². The first kappa shape index (κ1) is 21.6. The molecular formula is C19H28IN5O2. The third kappa shape index (κ3) is 5.66. The Hall–Kier alpha value is -1.65. The maximum Gasteiger partial charge on any atom is 0.193 e. The van der Waals surface area contributed by atoms with Crippen LogP contribution in [0.2, 0.25) is 0 Å². The molecule has 2 atom stereocenters. The molecule has 1 aliphatic heterocycles. The minimum Gasteiger partial charge on any atom is -0.375 e. The first-order valence-electron chi connectivity index (χ1n) is 8.84. The molecule has 0 spiro atoms. The highest BCUT2D eigenvalue weighted by molar-refractivity contribution is 14.0. The first-order chi connectivity index (χ1) is 12.7. The molecule has 1 aromatic carbocycles. The molecule has 1 saturated heterocycles. The van der Waals surface area contributed by atoms with Crippen LogP contribution in [0.4, 0.5) is 0 Å². The van der Waals surface area contributed by atoms with Crippen molar-refractivity contribution in [1.29, 1.82) is 0 Å². The van der Waals surface area contributed by atoms with Gasteiger partial charge in [0.2, 0.25) is 0 Å². The Labute approximate surface area is 177 Å². The SMILES string of the molecule is CN=C(NCC(OC)c1ccccc1)N1CCOC(c2cnn(C)c2)C1.I. The van der Waals surface area contributed by atoms with Crippen LogP contribution in [-0.4, -0.2) is 61.0 Å². The van der Waals surface area contributed by atoms with Gasteiger partial charge in [0.05, 0.1) is 25.5 Å². The Kier molecular flexibility index (Phi) is 8.52. The van der Waals surface area contributed by atoms with Gasteiger partial charge in [-0.15, -0.1) is 24.0 Å². The van der Waals surface area contributed by atoms with E-state index in [2.05, 4.69) is 32.4 Å². The molecular weight excluding hydrogens is 457 g/mol. The summed E-state index contributed by atoms with van der Waals surface area (Å²) in [4.78, 5) is 6.67. The van der Waals surface area contributed by atoms with Crippen molar-refractivity contribution in [1.82, 2.24) is 20.0 Å². The number of benzene rings is 1. The molecule has 148 valence electrons. The normalized spacial score (nSPS) is 18.7. The molecule has 0 bridgehead atoms. The second-order valence-corrected chi connectivity index (χ2v) is 6.32. The smallest absolute Gasteiger partial charge is 0.193 e. The fraction of sp³-hybridized carbons (Fsp3) is 0.474. The van der Waals surface area contributed by atoms with E-state index in [1.807, 2.05) is 37.6 Å². The molecule has 1 aliphatic rings. The highest BCUT2D eigenvalue weighted by Gasteiger charge is 2.25. The van der Waals surface area contributed by atoms with Crippen molar-refractivity contribution in [2.24, 2.45) is 12.0 Å². The third-order valence-electron chi connectivity index (χ3n) is 4.58. The molecule has 2 unspecified atom stereocenters. The number of ether oxygens (including phenoxy) is 2. The lowest BCUT2D eigenvalue weighted by Crippen LogP contribution is -2.49. The summed E-state index contributed by atoms with van der Waals surface area (Å²) in [5.41, 5.74) is 2.24. The lowest BCUT2D eigenvalue weighted by atomic mass is 10.1. The monoisotopic (exact) mass is 485 g/mol. The minimum absolute atomic E-state index is 0. The van der Waals surface area contributed by atoms with Crippen LogP contribution in [0.3, 0.4) is 0 Å². The van der Waals surface area contributed by atoms with Gasteiger partial charge in [-0.2, -0.15) is 5.10 Å². The van der Waals surface area contributed by atoms with Crippen LogP contribution in [0.15, 0.2) is 47.7 Å². The van der Waals surface area contributed by atoms with Gasteiger partial charge in [0.25, 0.3) is 0 Å². The maximum atomic E-state index is 5.92. The fourth-order valence-electron chi connectivity index (χ4n) is 3.17. The second kappa shape index (κ2) is 10.6. The number of aryl methyl sites for hydroxylation is 1. The number of hydrogen-bond donors (Lipinski definition) is 1. The Morgan fingerprint density at radius 3 is 2.81 bits per heavy atom. The van der Waals surface area contributed by atoms with E-state index in [1.54, 1.807) is 18.8 Å². The standard InChI is InChI=1S/C19H27N5O2.HI/c1-20-19(21-12-17(25-3)15-7-5-4-6-8-15)24-9-10-26-18(14-24)16-11-22-23(2)13-16;/h4-8,11,13,17-18H,9-10,12,14H2,1-3H3,(H,20,21);1H. The van der Waals surface area contributed by atoms with Crippen LogP contribution in [0, 0.1) is 0 Å². The lowest BCUT2D eigenvalue weighted by Gasteiger charge is -2.35. The van der Waals surface area contributed by atoms with E-state index in [0.717, 1.165) is 30.2 Å². The number of halogens is 1. The largest absolute Gasteiger partial charge is 0.375 e. The third-order valence-corrected chi connectivity index (χ3v) is 4.58. The van der Waals surface area contributed by atoms with Gasteiger partial charge >= 0.3 is 0 Å². The van der Waals surface area contributed by atoms with Crippen LogP contribution in [-0.2, 0) is 16.5 Å². The van der Waals surface area contributed by atoms with Gasteiger partial charge in [-0.1, -0.05) is 30.3 Å². The Balaban J connectivity index is 0.00000261. The number of guanidine groups is 1. The number of aliphatic imine (C=N–C) groups is 1. The van der Waals surface area contributed by atoms with E-state index in [1.165, 1.54) is 0 Å². The van der Waals surface area contributed by atoms with E-state index < -0.39 is 0 Å². The van der Waals surface area contributed by atoms with Gasteiger partial charge in [-0.05, 0) is 5.56 Å². The van der Waals surface area contributed by atoms with Crippen molar-refractivity contribution in [2.45, 2.75) is 12.2 Å². The first-order valence-corrected chi connectivity index (χ1v) is 8.84. The van der Waals surface area contributed by atoms with E-state index in [-0.39, 0.29) is 36.2 Å². The molecule has 0 radical (unpaired) electrons. The predicted molar refractivity (Wildman–Crippen MR) is 116 cm³/mol. The number of hydrogen-bond acceptors (Lipinski definition) is 4. The summed E-state index contributed by atoms with van der Waals surface area (Å²) in [5.74, 6) is 0.861. The summed E-state index contributed by atoms with van der Waals surface area (Å²) in [6, 6.07) is 10.2. The number of morpholine rings is 1. The molecule has 2 heterocycles. The quantitative estimate of drug-likeness (QED) is 0.401. The lowest BCUT2D eigenvalue weighted by molar-refractivity contribution is -0.00833. The number of aromatic nitrogens is 2. The molecule has 1 fully saturated rings. The molecule has 1 aromatic heterocycles. The Morgan fingerprint density at radius 1 is 1.41 bits per heavy atom. The zero-order valence-corrected chi connectivity index (χ0v) is 18.4. The van der Waals surface area contributed by atoms with Crippen LogP contribution in [0.1, 0.15) is 23.3 Å². The summed E-state index contributed by atoms with van der Waals surface area (Å²) in [6.45, 7) is 2.86. The van der Waals surface area contributed by atoms with Crippen LogP contribution in [0.5, 0.6) is 0 Å². The van der Waals surface area contributed by atoms with Crippen molar-refractivity contribution in [3.05, 3.63) is 53.9 Å². The van der Waals surface area contributed by atoms with E-state index in [9.17, 15) is 0 Å². The van der Waals surface area contributed by atoms with Crippen molar-refractivity contribution in [2.75, 3.05) is 40.4 Å². The van der Waals surface area contributed by atoms with Crippen LogP contribution >= 0.6 is 24.0 Å². The second-order valence-electron chi connectivity index (χ2n) is 6.32. The van der Waals surface area contributed by atoms with Crippen LogP contribution < -0.4 is 5.32 Å². The molecule has 2 aromatic rings. The zero-order valence-electron chi connectivity index (χ0n) is 16.0. The number of nitrogens with one attached hydrogen (secondary N) is 1. The maximum absolute atomic E-state index is 5.92. The summed E-state index contributed by atoms with van der Waals surface area (Å²) < 4.78 is 13.4. The van der Waals surface area contributed by atoms with Crippen molar-refractivity contribution >= 4 is 29.9 Å². The highest BCUT2D eigenvalue weighted by Crippen LogP contribution is 2.22. The van der Waals surface area contributed by atoms with Gasteiger partial charge in [-0.3, -0.25) is 9.67 Å². The predicted octanol–water partition coefficient (Wildman–Crippen LogP) is 2.37. The van der Waals surface area contributed by atoms with Crippen LogP contribution in [0.25, 0.3) is 0 Å². The molecule has 8 heteroatoms. The molecule has 0 aliphatic carbocycles.